The van der Waals surface area contributed by atoms with Crippen molar-refractivity contribution in [1.82, 2.24) is 4.31 Å². The van der Waals surface area contributed by atoms with E-state index in [9.17, 15) is 18.0 Å². The molecular weight excluding hydrogens is 531 g/mol. The lowest BCUT2D eigenvalue weighted by Crippen LogP contribution is -2.49. The summed E-state index contributed by atoms with van der Waals surface area (Å²) in [5.74, 6) is -0.331. The van der Waals surface area contributed by atoms with Crippen molar-refractivity contribution in [3.8, 4) is 5.75 Å². The minimum atomic E-state index is -3.98. The third-order valence-electron chi connectivity index (χ3n) is 5.83. The number of carbonyl (C=O) groups excluding carboxylic acids is 2. The van der Waals surface area contributed by atoms with Gasteiger partial charge in [-0.05, 0) is 84.0 Å². The van der Waals surface area contributed by atoms with Crippen molar-refractivity contribution in [3.05, 3.63) is 52.1 Å². The Labute approximate surface area is 195 Å². The van der Waals surface area contributed by atoms with Crippen LogP contribution in [-0.4, -0.2) is 43.7 Å². The van der Waals surface area contributed by atoms with Gasteiger partial charge in [0.25, 0.3) is 5.91 Å². The van der Waals surface area contributed by atoms with Gasteiger partial charge in [-0.3, -0.25) is 9.59 Å². The van der Waals surface area contributed by atoms with Gasteiger partial charge in [-0.15, -0.1) is 0 Å². The van der Waals surface area contributed by atoms with E-state index in [2.05, 4.69) is 22.6 Å². The SMILES string of the molecule is COc1ccc(S(=O)(=O)N(C2CCCC2)C2CC(=O)N(c3ccc(I)cc3)C2=O)cc1. The number of anilines is 1. The van der Waals surface area contributed by atoms with Crippen LogP contribution in [0.3, 0.4) is 0 Å². The summed E-state index contributed by atoms with van der Waals surface area (Å²) in [4.78, 5) is 27.4. The zero-order chi connectivity index (χ0) is 22.2. The first kappa shape index (κ1) is 22.2. The van der Waals surface area contributed by atoms with Crippen molar-refractivity contribution in [2.45, 2.75) is 49.1 Å². The molecule has 164 valence electrons. The predicted octanol–water partition coefficient (Wildman–Crippen LogP) is 3.57. The molecule has 2 aliphatic rings. The molecule has 0 bridgehead atoms. The number of methoxy groups -OCH3 is 1. The maximum Gasteiger partial charge on any atom is 0.252 e. The van der Waals surface area contributed by atoms with Crippen molar-refractivity contribution in [1.29, 1.82) is 0 Å². The van der Waals surface area contributed by atoms with E-state index in [1.807, 2.05) is 12.1 Å². The van der Waals surface area contributed by atoms with Gasteiger partial charge in [0.15, 0.2) is 0 Å². The molecule has 1 saturated heterocycles. The van der Waals surface area contributed by atoms with Gasteiger partial charge < -0.3 is 4.74 Å². The number of imide groups is 1. The first-order valence-corrected chi connectivity index (χ1v) is 12.6. The summed E-state index contributed by atoms with van der Waals surface area (Å²) in [7, 11) is -2.47. The Balaban J connectivity index is 1.72. The van der Waals surface area contributed by atoms with Gasteiger partial charge in [0.05, 0.1) is 24.1 Å². The molecule has 1 unspecified atom stereocenters. The Morgan fingerprint density at radius 2 is 1.61 bits per heavy atom. The van der Waals surface area contributed by atoms with Crippen molar-refractivity contribution >= 4 is 50.1 Å². The highest BCUT2D eigenvalue weighted by Crippen LogP contribution is 2.36. The van der Waals surface area contributed by atoms with Gasteiger partial charge in [0.1, 0.15) is 11.8 Å². The van der Waals surface area contributed by atoms with Crippen LogP contribution in [0.2, 0.25) is 0 Å². The van der Waals surface area contributed by atoms with Crippen LogP contribution in [0.5, 0.6) is 5.75 Å². The molecule has 0 N–H and O–H groups in total. The first-order chi connectivity index (χ1) is 14.8. The molecule has 31 heavy (non-hydrogen) atoms. The molecule has 0 radical (unpaired) electrons. The van der Waals surface area contributed by atoms with Gasteiger partial charge in [-0.1, -0.05) is 12.8 Å². The van der Waals surface area contributed by atoms with Crippen LogP contribution in [-0.2, 0) is 19.6 Å². The summed E-state index contributed by atoms with van der Waals surface area (Å²) in [6, 6.07) is 11.8. The average molecular weight is 554 g/mol. The molecule has 2 aromatic carbocycles. The fourth-order valence-electron chi connectivity index (χ4n) is 4.32. The lowest BCUT2D eigenvalue weighted by molar-refractivity contribution is -0.122. The lowest BCUT2D eigenvalue weighted by atomic mass is 10.2. The van der Waals surface area contributed by atoms with Crippen molar-refractivity contribution in [2.24, 2.45) is 0 Å². The number of benzene rings is 2. The molecule has 4 rings (SSSR count). The molecule has 1 aliphatic carbocycles. The summed E-state index contributed by atoms with van der Waals surface area (Å²) in [5, 5.41) is 0. The van der Waals surface area contributed by atoms with Crippen molar-refractivity contribution in [3.63, 3.8) is 0 Å². The molecule has 9 heteroatoms. The monoisotopic (exact) mass is 554 g/mol. The molecule has 1 aliphatic heterocycles. The van der Waals surface area contributed by atoms with E-state index in [-0.39, 0.29) is 23.3 Å². The maximum absolute atomic E-state index is 13.6. The average Bonchev–Trinajstić information content (AvgIpc) is 3.38. The number of carbonyl (C=O) groups is 2. The van der Waals surface area contributed by atoms with E-state index < -0.39 is 22.0 Å². The number of hydrogen-bond donors (Lipinski definition) is 0. The Morgan fingerprint density at radius 3 is 2.19 bits per heavy atom. The van der Waals surface area contributed by atoms with E-state index in [0.29, 0.717) is 24.3 Å². The number of nitrogens with zero attached hydrogens (tertiary/aromatic N) is 2. The van der Waals surface area contributed by atoms with Crippen LogP contribution in [0.25, 0.3) is 0 Å². The largest absolute Gasteiger partial charge is 0.497 e. The van der Waals surface area contributed by atoms with Gasteiger partial charge in [-0.25, -0.2) is 13.3 Å². The van der Waals surface area contributed by atoms with Crippen LogP contribution < -0.4 is 9.64 Å². The highest BCUT2D eigenvalue weighted by atomic mass is 127. The van der Waals surface area contributed by atoms with Gasteiger partial charge >= 0.3 is 0 Å². The Hall–Kier alpha value is -1.98. The molecule has 1 atom stereocenters. The second-order valence-corrected chi connectivity index (χ2v) is 10.8. The number of rotatable bonds is 6. The minimum Gasteiger partial charge on any atom is -0.497 e. The third-order valence-corrected chi connectivity index (χ3v) is 8.53. The Bertz CT molecular complexity index is 1080. The molecule has 0 aromatic heterocycles. The van der Waals surface area contributed by atoms with Crippen molar-refractivity contribution < 1.29 is 22.7 Å². The topological polar surface area (TPSA) is 84.0 Å². The number of amides is 2. The summed E-state index contributed by atoms with van der Waals surface area (Å²) in [6.07, 6.45) is 2.99. The first-order valence-electron chi connectivity index (χ1n) is 10.1. The van der Waals surface area contributed by atoms with Gasteiger partial charge in [0.2, 0.25) is 15.9 Å². The van der Waals surface area contributed by atoms with E-state index in [1.54, 1.807) is 24.3 Å². The van der Waals surface area contributed by atoms with Gasteiger partial charge in [0, 0.05) is 9.61 Å². The van der Waals surface area contributed by atoms with Crippen LogP contribution in [0.15, 0.2) is 53.4 Å². The number of ether oxygens (including phenoxy) is 1. The molecule has 2 amide bonds. The second-order valence-electron chi connectivity index (χ2n) is 7.71. The van der Waals surface area contributed by atoms with E-state index in [4.69, 9.17) is 4.74 Å². The van der Waals surface area contributed by atoms with E-state index in [0.717, 1.165) is 21.3 Å². The summed E-state index contributed by atoms with van der Waals surface area (Å²) in [6.45, 7) is 0. The van der Waals surface area contributed by atoms with Crippen LogP contribution >= 0.6 is 22.6 Å². The zero-order valence-corrected chi connectivity index (χ0v) is 20.0. The van der Waals surface area contributed by atoms with Crippen LogP contribution in [0.4, 0.5) is 5.69 Å². The lowest BCUT2D eigenvalue weighted by Gasteiger charge is -2.32. The van der Waals surface area contributed by atoms with Gasteiger partial charge in [-0.2, -0.15) is 4.31 Å². The summed E-state index contributed by atoms with van der Waals surface area (Å²) in [5.41, 5.74) is 0.464. The van der Waals surface area contributed by atoms with Crippen molar-refractivity contribution in [2.75, 3.05) is 12.0 Å². The predicted molar refractivity (Wildman–Crippen MR) is 124 cm³/mol. The second kappa shape index (κ2) is 8.87. The zero-order valence-electron chi connectivity index (χ0n) is 17.0. The molecule has 1 saturated carbocycles. The fraction of sp³-hybridized carbons (Fsp3) is 0.364. The third kappa shape index (κ3) is 4.22. The quantitative estimate of drug-likeness (QED) is 0.403. The fourth-order valence-corrected chi connectivity index (χ4v) is 6.51. The maximum atomic E-state index is 13.6. The molecule has 2 fully saturated rings. The molecular formula is C22H23IN2O5S. The summed E-state index contributed by atoms with van der Waals surface area (Å²) >= 11 is 2.15. The highest BCUT2D eigenvalue weighted by molar-refractivity contribution is 14.1. The highest BCUT2D eigenvalue weighted by Gasteiger charge is 2.49. The standard InChI is InChI=1S/C22H23IN2O5S/c1-30-18-10-12-19(13-11-18)31(28,29)25(17-4-2-3-5-17)20-14-21(26)24(22(20)27)16-8-6-15(23)7-9-16/h6-13,17,20H,2-5,14H2,1H3. The van der Waals surface area contributed by atoms with Crippen LogP contribution in [0, 0.1) is 3.57 Å². The molecule has 7 nitrogen and oxygen atoms in total. The van der Waals surface area contributed by atoms with E-state index in [1.165, 1.54) is 23.5 Å². The molecule has 1 heterocycles. The molecule has 0 spiro atoms. The van der Waals surface area contributed by atoms with Crippen LogP contribution in [0.1, 0.15) is 32.1 Å². The number of hydrogen-bond acceptors (Lipinski definition) is 5. The normalized spacial score (nSPS) is 20.1. The number of halogens is 1. The summed E-state index contributed by atoms with van der Waals surface area (Å²) < 4.78 is 34.7. The number of sulfonamides is 1. The Morgan fingerprint density at radius 1 is 1.00 bits per heavy atom. The Kier molecular flexibility index (Phi) is 6.36. The smallest absolute Gasteiger partial charge is 0.252 e. The molecule has 2 aromatic rings. The minimum absolute atomic E-state index is 0.0909. The van der Waals surface area contributed by atoms with E-state index >= 15 is 0 Å².